The summed E-state index contributed by atoms with van der Waals surface area (Å²) in [5, 5.41) is 0. The summed E-state index contributed by atoms with van der Waals surface area (Å²) in [7, 11) is 1.76. The smallest absolute Gasteiger partial charge is 0.324 e. The predicted molar refractivity (Wildman–Crippen MR) is 94.5 cm³/mol. The molecule has 4 rings (SSSR count). The summed E-state index contributed by atoms with van der Waals surface area (Å²) in [6, 6.07) is 0.978. The van der Waals surface area contributed by atoms with Gasteiger partial charge in [-0.25, -0.2) is 15.0 Å². The van der Waals surface area contributed by atoms with E-state index in [2.05, 4.69) is 44.3 Å². The SMILES string of the molecule is Cn1c(-c2nc3n(c2Br)CCC(C)(C)C3)nc2cc(C(F)(F)F)ncc21. The van der Waals surface area contributed by atoms with Gasteiger partial charge in [0.2, 0.25) is 0 Å². The van der Waals surface area contributed by atoms with Crippen molar-refractivity contribution in [3.05, 3.63) is 28.4 Å². The molecule has 0 spiro atoms. The maximum atomic E-state index is 12.9. The van der Waals surface area contributed by atoms with Crippen LogP contribution < -0.4 is 0 Å². The van der Waals surface area contributed by atoms with E-state index in [4.69, 9.17) is 4.98 Å². The zero-order valence-electron chi connectivity index (χ0n) is 14.5. The van der Waals surface area contributed by atoms with E-state index in [9.17, 15) is 13.2 Å². The molecule has 9 heteroatoms. The highest BCUT2D eigenvalue weighted by molar-refractivity contribution is 9.10. The molecule has 0 atom stereocenters. The summed E-state index contributed by atoms with van der Waals surface area (Å²) in [5.41, 5.74) is 0.662. The average Bonchev–Trinajstić information content (AvgIpc) is 3.02. The van der Waals surface area contributed by atoms with Crippen molar-refractivity contribution in [2.24, 2.45) is 12.5 Å². The molecule has 138 valence electrons. The van der Waals surface area contributed by atoms with Gasteiger partial charge in [0.1, 0.15) is 21.8 Å². The minimum Gasteiger partial charge on any atom is -0.324 e. The van der Waals surface area contributed by atoms with Gasteiger partial charge in [-0.2, -0.15) is 13.2 Å². The Labute approximate surface area is 156 Å². The molecule has 0 aromatic carbocycles. The molecular formula is C17H17BrF3N5. The number of hydrogen-bond acceptors (Lipinski definition) is 3. The third-order valence-corrected chi connectivity index (χ3v) is 5.71. The quantitative estimate of drug-likeness (QED) is 0.570. The van der Waals surface area contributed by atoms with E-state index in [-0.39, 0.29) is 10.9 Å². The standard InChI is InChI=1S/C17H17BrF3N5/c1-16(2)4-5-26-12(7-16)24-13(14(26)18)15-23-9-6-11(17(19,20)21)22-8-10(9)25(15)3/h6,8H,4-5,7H2,1-3H3. The first-order valence-electron chi connectivity index (χ1n) is 8.22. The number of aromatic nitrogens is 5. The number of fused-ring (bicyclic) bond motifs is 2. The summed E-state index contributed by atoms with van der Waals surface area (Å²) in [5.74, 6) is 1.48. The van der Waals surface area contributed by atoms with Crippen LogP contribution in [0.1, 0.15) is 31.8 Å². The molecule has 4 heterocycles. The van der Waals surface area contributed by atoms with E-state index in [0.29, 0.717) is 17.0 Å². The molecule has 5 nitrogen and oxygen atoms in total. The van der Waals surface area contributed by atoms with Crippen molar-refractivity contribution in [2.45, 2.75) is 39.4 Å². The first-order valence-corrected chi connectivity index (χ1v) is 9.01. The normalized spacial score (nSPS) is 16.9. The van der Waals surface area contributed by atoms with Crippen molar-refractivity contribution in [2.75, 3.05) is 0 Å². The summed E-state index contributed by atoms with van der Waals surface area (Å²) < 4.78 is 43.4. The molecule has 1 aliphatic heterocycles. The Morgan fingerprint density at radius 3 is 2.65 bits per heavy atom. The number of imidazole rings is 2. The monoisotopic (exact) mass is 427 g/mol. The van der Waals surface area contributed by atoms with Crippen LogP contribution in [-0.4, -0.2) is 24.1 Å². The van der Waals surface area contributed by atoms with Gasteiger partial charge in [0.15, 0.2) is 5.82 Å². The highest BCUT2D eigenvalue weighted by Gasteiger charge is 2.34. The molecule has 0 N–H and O–H groups in total. The second kappa shape index (κ2) is 5.55. The Morgan fingerprint density at radius 1 is 1.23 bits per heavy atom. The largest absolute Gasteiger partial charge is 0.433 e. The molecular weight excluding hydrogens is 411 g/mol. The van der Waals surface area contributed by atoms with E-state index < -0.39 is 11.9 Å². The van der Waals surface area contributed by atoms with Gasteiger partial charge < -0.3 is 9.13 Å². The summed E-state index contributed by atoms with van der Waals surface area (Å²) in [6.45, 7) is 5.26. The number of pyridine rings is 1. The van der Waals surface area contributed by atoms with Gasteiger partial charge in [-0.3, -0.25) is 0 Å². The predicted octanol–water partition coefficient (Wildman–Crippen LogP) is 4.59. The highest BCUT2D eigenvalue weighted by Crippen LogP contribution is 2.38. The van der Waals surface area contributed by atoms with E-state index in [1.807, 2.05) is 0 Å². The van der Waals surface area contributed by atoms with Crippen molar-refractivity contribution in [3.63, 3.8) is 0 Å². The average molecular weight is 428 g/mol. The Kier molecular flexibility index (Phi) is 3.74. The van der Waals surface area contributed by atoms with Crippen molar-refractivity contribution in [3.8, 4) is 11.5 Å². The van der Waals surface area contributed by atoms with Crippen LogP contribution in [0.3, 0.4) is 0 Å². The van der Waals surface area contributed by atoms with Gasteiger partial charge in [0, 0.05) is 20.0 Å². The number of rotatable bonds is 1. The van der Waals surface area contributed by atoms with Crippen LogP contribution in [0.4, 0.5) is 13.2 Å². The van der Waals surface area contributed by atoms with Crippen molar-refractivity contribution < 1.29 is 13.2 Å². The molecule has 3 aromatic rings. The fourth-order valence-electron chi connectivity index (χ4n) is 3.37. The summed E-state index contributed by atoms with van der Waals surface area (Å²) in [4.78, 5) is 12.7. The lowest BCUT2D eigenvalue weighted by atomic mass is 9.83. The summed E-state index contributed by atoms with van der Waals surface area (Å²) >= 11 is 3.60. The molecule has 0 bridgehead atoms. The molecule has 26 heavy (non-hydrogen) atoms. The van der Waals surface area contributed by atoms with Crippen LogP contribution in [0.2, 0.25) is 0 Å². The molecule has 0 saturated heterocycles. The lowest BCUT2D eigenvalue weighted by molar-refractivity contribution is -0.141. The molecule has 0 amide bonds. The second-order valence-corrected chi connectivity index (χ2v) is 8.21. The minimum atomic E-state index is -4.49. The Morgan fingerprint density at radius 2 is 1.96 bits per heavy atom. The number of nitrogens with zero attached hydrogens (tertiary/aromatic N) is 5. The molecule has 0 fully saturated rings. The molecule has 0 saturated carbocycles. The first-order chi connectivity index (χ1) is 12.1. The lowest BCUT2D eigenvalue weighted by Gasteiger charge is -2.30. The number of hydrogen-bond donors (Lipinski definition) is 0. The zero-order chi connectivity index (χ0) is 18.9. The molecule has 1 aliphatic rings. The van der Waals surface area contributed by atoms with Crippen molar-refractivity contribution >= 4 is 27.0 Å². The van der Waals surface area contributed by atoms with E-state index in [0.717, 1.165) is 35.9 Å². The van der Waals surface area contributed by atoms with E-state index >= 15 is 0 Å². The fourth-order valence-corrected chi connectivity index (χ4v) is 4.02. The lowest BCUT2D eigenvalue weighted by Crippen LogP contribution is -2.26. The maximum absolute atomic E-state index is 12.9. The molecule has 0 aliphatic carbocycles. The maximum Gasteiger partial charge on any atom is 0.433 e. The third kappa shape index (κ3) is 2.72. The van der Waals surface area contributed by atoms with Gasteiger partial charge in [0.05, 0.1) is 17.2 Å². The van der Waals surface area contributed by atoms with Gasteiger partial charge in [-0.15, -0.1) is 0 Å². The molecule has 0 unspecified atom stereocenters. The third-order valence-electron chi connectivity index (χ3n) is 4.90. The van der Waals surface area contributed by atoms with Crippen LogP contribution >= 0.6 is 15.9 Å². The molecule has 0 radical (unpaired) electrons. The van der Waals surface area contributed by atoms with Crippen LogP contribution in [-0.2, 0) is 26.2 Å². The fraction of sp³-hybridized carbons (Fsp3) is 0.471. The zero-order valence-corrected chi connectivity index (χ0v) is 16.1. The summed E-state index contributed by atoms with van der Waals surface area (Å²) in [6.07, 6.45) is -1.40. The highest BCUT2D eigenvalue weighted by atomic mass is 79.9. The Bertz CT molecular complexity index is 1020. The first kappa shape index (κ1) is 17.5. The van der Waals surface area contributed by atoms with E-state index in [1.54, 1.807) is 11.6 Å². The topological polar surface area (TPSA) is 48.5 Å². The van der Waals surface area contributed by atoms with Gasteiger partial charge >= 0.3 is 6.18 Å². The van der Waals surface area contributed by atoms with Crippen LogP contribution in [0, 0.1) is 5.41 Å². The number of aryl methyl sites for hydroxylation is 1. The van der Waals surface area contributed by atoms with Crippen molar-refractivity contribution in [1.82, 2.24) is 24.1 Å². The van der Waals surface area contributed by atoms with Crippen LogP contribution in [0.15, 0.2) is 16.9 Å². The van der Waals surface area contributed by atoms with E-state index in [1.165, 1.54) is 6.20 Å². The van der Waals surface area contributed by atoms with Gasteiger partial charge in [-0.05, 0) is 33.8 Å². The Balaban J connectivity index is 1.85. The second-order valence-electron chi connectivity index (χ2n) is 7.46. The van der Waals surface area contributed by atoms with Gasteiger partial charge in [0.25, 0.3) is 0 Å². The number of halogens is 4. The molecule has 3 aromatic heterocycles. The van der Waals surface area contributed by atoms with Gasteiger partial charge in [-0.1, -0.05) is 13.8 Å². The van der Waals surface area contributed by atoms with Crippen LogP contribution in [0.5, 0.6) is 0 Å². The number of alkyl halides is 3. The van der Waals surface area contributed by atoms with Crippen molar-refractivity contribution in [1.29, 1.82) is 0 Å². The Hall–Kier alpha value is -1.90. The van der Waals surface area contributed by atoms with Crippen LogP contribution in [0.25, 0.3) is 22.6 Å². The minimum absolute atomic E-state index is 0.177.